The second-order valence-corrected chi connectivity index (χ2v) is 6.77. The van der Waals surface area contributed by atoms with Crippen LogP contribution in [0.25, 0.3) is 11.3 Å². The van der Waals surface area contributed by atoms with Gasteiger partial charge >= 0.3 is 6.18 Å². The number of hydrogen-bond acceptors (Lipinski definition) is 6. The van der Waals surface area contributed by atoms with Crippen LogP contribution in [0.1, 0.15) is 16.7 Å². The van der Waals surface area contributed by atoms with Gasteiger partial charge in [-0.2, -0.15) is 13.2 Å². The van der Waals surface area contributed by atoms with Gasteiger partial charge in [0.05, 0.1) is 11.8 Å². The molecule has 0 aliphatic heterocycles. The Kier molecular flexibility index (Phi) is 6.61. The van der Waals surface area contributed by atoms with E-state index in [2.05, 4.69) is 15.3 Å². The summed E-state index contributed by atoms with van der Waals surface area (Å²) in [6.45, 7) is 1.29. The van der Waals surface area contributed by atoms with Gasteiger partial charge in [0.25, 0.3) is 0 Å². The number of ether oxygens (including phenoxy) is 1. The molecule has 0 saturated carbocycles. The first-order valence-corrected chi connectivity index (χ1v) is 9.36. The van der Waals surface area contributed by atoms with E-state index >= 15 is 0 Å². The van der Waals surface area contributed by atoms with Crippen molar-refractivity contribution < 1.29 is 23.0 Å². The number of halogens is 3. The predicted molar refractivity (Wildman–Crippen MR) is 100 cm³/mol. The summed E-state index contributed by atoms with van der Waals surface area (Å²) in [7, 11) is 0. The third-order valence-corrected chi connectivity index (χ3v) is 4.74. The Labute approximate surface area is 163 Å². The first-order chi connectivity index (χ1) is 13.4. The summed E-state index contributed by atoms with van der Waals surface area (Å²) in [6.07, 6.45) is -1.81. The summed E-state index contributed by atoms with van der Waals surface area (Å²) in [5.41, 5.74) is 1.62. The number of rotatable bonds is 8. The lowest BCUT2D eigenvalue weighted by molar-refractivity contribution is -0.137. The number of aliphatic hydroxyl groups excluding tert-OH is 1. The zero-order valence-electron chi connectivity index (χ0n) is 14.7. The van der Waals surface area contributed by atoms with Crippen LogP contribution < -0.4 is 10.1 Å². The second kappa shape index (κ2) is 9.13. The maximum absolute atomic E-state index is 12.6. The molecule has 0 unspecified atom stereocenters. The molecular weight excluding hydrogens is 391 g/mol. The van der Waals surface area contributed by atoms with Gasteiger partial charge in [-0.3, -0.25) is 4.98 Å². The van der Waals surface area contributed by atoms with Crippen molar-refractivity contribution in [2.45, 2.75) is 12.3 Å². The minimum Gasteiger partial charge on any atom is -0.492 e. The Morgan fingerprint density at radius 2 is 1.96 bits per heavy atom. The SMILES string of the molecule is O[C@@H](CNCCOc1ccc(-c2csc(C(F)(F)F)n2)cc1)c1cccnc1. The van der Waals surface area contributed by atoms with E-state index in [-0.39, 0.29) is 5.69 Å². The van der Waals surface area contributed by atoms with Gasteiger partial charge in [-0.25, -0.2) is 4.98 Å². The molecule has 2 heterocycles. The minimum atomic E-state index is -4.43. The molecule has 0 saturated heterocycles. The normalized spacial score (nSPS) is 12.7. The van der Waals surface area contributed by atoms with Crippen LogP contribution in [0.15, 0.2) is 54.2 Å². The maximum atomic E-state index is 12.6. The summed E-state index contributed by atoms with van der Waals surface area (Å²) in [5.74, 6) is 0.602. The number of thiazole rings is 1. The highest BCUT2D eigenvalue weighted by molar-refractivity contribution is 7.10. The fraction of sp³-hybridized carbons (Fsp3) is 0.263. The van der Waals surface area contributed by atoms with Gasteiger partial charge in [0.1, 0.15) is 12.4 Å². The molecule has 2 aromatic heterocycles. The molecule has 0 spiro atoms. The van der Waals surface area contributed by atoms with Crippen LogP contribution in [0.3, 0.4) is 0 Å². The highest BCUT2D eigenvalue weighted by atomic mass is 32.1. The Morgan fingerprint density at radius 3 is 2.61 bits per heavy atom. The number of aromatic nitrogens is 2. The zero-order chi connectivity index (χ0) is 20.0. The number of alkyl halides is 3. The lowest BCUT2D eigenvalue weighted by Gasteiger charge is -2.12. The molecule has 28 heavy (non-hydrogen) atoms. The molecule has 3 aromatic rings. The lowest BCUT2D eigenvalue weighted by Crippen LogP contribution is -2.26. The van der Waals surface area contributed by atoms with Crippen LogP contribution in [0.4, 0.5) is 13.2 Å². The molecule has 2 N–H and O–H groups in total. The molecule has 0 aliphatic carbocycles. The molecule has 5 nitrogen and oxygen atoms in total. The van der Waals surface area contributed by atoms with Crippen molar-refractivity contribution >= 4 is 11.3 Å². The zero-order valence-corrected chi connectivity index (χ0v) is 15.5. The minimum absolute atomic E-state index is 0.287. The van der Waals surface area contributed by atoms with Crippen molar-refractivity contribution in [3.63, 3.8) is 0 Å². The second-order valence-electron chi connectivity index (χ2n) is 5.91. The third kappa shape index (κ3) is 5.51. The van der Waals surface area contributed by atoms with Crippen LogP contribution in [-0.4, -0.2) is 34.8 Å². The van der Waals surface area contributed by atoms with Crippen LogP contribution in [0, 0.1) is 0 Å². The van der Waals surface area contributed by atoms with Crippen LogP contribution in [-0.2, 0) is 6.18 Å². The van der Waals surface area contributed by atoms with E-state index in [9.17, 15) is 18.3 Å². The summed E-state index contributed by atoms with van der Waals surface area (Å²) < 4.78 is 43.5. The van der Waals surface area contributed by atoms with E-state index < -0.39 is 17.3 Å². The predicted octanol–water partition coefficient (Wildman–Crippen LogP) is 3.93. The summed E-state index contributed by atoms with van der Waals surface area (Å²) in [6, 6.07) is 10.3. The van der Waals surface area contributed by atoms with E-state index in [1.54, 1.807) is 48.8 Å². The van der Waals surface area contributed by atoms with Gasteiger partial charge in [0.15, 0.2) is 5.01 Å². The Hall–Kier alpha value is -2.49. The van der Waals surface area contributed by atoms with Crippen molar-refractivity contribution in [3.05, 3.63) is 64.7 Å². The fourth-order valence-electron chi connectivity index (χ4n) is 2.43. The van der Waals surface area contributed by atoms with Crippen molar-refractivity contribution in [2.75, 3.05) is 19.7 Å². The first-order valence-electron chi connectivity index (χ1n) is 8.48. The van der Waals surface area contributed by atoms with E-state index in [4.69, 9.17) is 4.74 Å². The van der Waals surface area contributed by atoms with Crippen molar-refractivity contribution in [1.29, 1.82) is 0 Å². The summed E-state index contributed by atoms with van der Waals surface area (Å²) >= 11 is 0.576. The lowest BCUT2D eigenvalue weighted by atomic mass is 10.1. The monoisotopic (exact) mass is 409 g/mol. The molecular formula is C19H18F3N3O2S. The summed E-state index contributed by atoms with van der Waals surface area (Å²) in [5, 5.41) is 13.6. The van der Waals surface area contributed by atoms with E-state index in [1.165, 1.54) is 5.38 Å². The highest BCUT2D eigenvalue weighted by Gasteiger charge is 2.34. The molecule has 0 fully saturated rings. The van der Waals surface area contributed by atoms with E-state index in [1.807, 2.05) is 0 Å². The molecule has 0 radical (unpaired) electrons. The average molecular weight is 409 g/mol. The Balaban J connectivity index is 1.43. The molecule has 3 rings (SSSR count). The highest BCUT2D eigenvalue weighted by Crippen LogP contribution is 2.34. The number of hydrogen-bond donors (Lipinski definition) is 2. The van der Waals surface area contributed by atoms with Crippen molar-refractivity contribution in [1.82, 2.24) is 15.3 Å². The smallest absolute Gasteiger partial charge is 0.443 e. The quantitative estimate of drug-likeness (QED) is 0.552. The molecule has 1 aromatic carbocycles. The topological polar surface area (TPSA) is 67.3 Å². The molecule has 0 aliphatic rings. The third-order valence-electron chi connectivity index (χ3n) is 3.85. The van der Waals surface area contributed by atoms with Crippen LogP contribution >= 0.6 is 11.3 Å². The standard InChI is InChI=1S/C19H18F3N3O2S/c20-19(21,22)18-25-16(12-28-18)13-3-5-15(6-4-13)27-9-8-24-11-17(26)14-2-1-7-23-10-14/h1-7,10,12,17,24,26H,8-9,11H2/t17-/m0/s1. The van der Waals surface area contributed by atoms with Crippen molar-refractivity contribution in [2.24, 2.45) is 0 Å². The summed E-state index contributed by atoms with van der Waals surface area (Å²) in [4.78, 5) is 7.58. The molecule has 0 bridgehead atoms. The van der Waals surface area contributed by atoms with Gasteiger partial charge in [0.2, 0.25) is 0 Å². The number of benzene rings is 1. The van der Waals surface area contributed by atoms with E-state index in [0.29, 0.717) is 42.3 Å². The number of nitrogens with one attached hydrogen (secondary N) is 1. The Bertz CT molecular complexity index is 870. The molecule has 0 amide bonds. The maximum Gasteiger partial charge on any atom is 0.443 e. The number of pyridine rings is 1. The molecule has 148 valence electrons. The number of aliphatic hydroxyl groups is 1. The first kappa shape index (κ1) is 20.2. The average Bonchev–Trinajstić information content (AvgIpc) is 3.19. The largest absolute Gasteiger partial charge is 0.492 e. The number of nitrogens with zero attached hydrogens (tertiary/aromatic N) is 2. The molecule has 1 atom stereocenters. The van der Waals surface area contributed by atoms with Crippen LogP contribution in [0.5, 0.6) is 5.75 Å². The fourth-order valence-corrected chi connectivity index (χ4v) is 3.13. The van der Waals surface area contributed by atoms with Gasteiger partial charge in [-0.15, -0.1) is 11.3 Å². The van der Waals surface area contributed by atoms with Gasteiger partial charge in [-0.1, -0.05) is 6.07 Å². The van der Waals surface area contributed by atoms with Gasteiger partial charge in [0, 0.05) is 42.0 Å². The molecule has 9 heteroatoms. The van der Waals surface area contributed by atoms with Gasteiger partial charge in [-0.05, 0) is 30.3 Å². The van der Waals surface area contributed by atoms with Gasteiger partial charge < -0.3 is 15.2 Å². The van der Waals surface area contributed by atoms with Crippen LogP contribution in [0.2, 0.25) is 0 Å². The van der Waals surface area contributed by atoms with Crippen molar-refractivity contribution in [3.8, 4) is 17.0 Å². The van der Waals surface area contributed by atoms with E-state index in [0.717, 1.165) is 5.56 Å². The Morgan fingerprint density at radius 1 is 1.18 bits per heavy atom.